The number of nitrogens with zero attached hydrogens (tertiary/aromatic N) is 2. The van der Waals surface area contributed by atoms with E-state index in [2.05, 4.69) is 20.9 Å². The van der Waals surface area contributed by atoms with E-state index in [-0.39, 0.29) is 5.56 Å². The Hall–Kier alpha value is -2.73. The van der Waals surface area contributed by atoms with Crippen LogP contribution in [0.25, 0.3) is 22.0 Å². The van der Waals surface area contributed by atoms with Gasteiger partial charge in [-0.3, -0.25) is 9.36 Å². The van der Waals surface area contributed by atoms with E-state index < -0.39 is 11.5 Å². The summed E-state index contributed by atoms with van der Waals surface area (Å²) in [5.74, 6) is 0.0757. The molecule has 0 aliphatic rings. The molecule has 2 heterocycles. The molecule has 2 aromatic heterocycles. The highest BCUT2D eigenvalue weighted by atomic mass is 79.9. The van der Waals surface area contributed by atoms with Gasteiger partial charge in [-0.05, 0) is 43.3 Å². The number of aryl methyl sites for hydroxylation is 1. The molecule has 6 heteroatoms. The third-order valence-electron chi connectivity index (χ3n) is 3.86. The smallest absolute Gasteiger partial charge is 0.349 e. The van der Waals surface area contributed by atoms with Crippen LogP contribution in [-0.2, 0) is 0 Å². The number of carbonyl (C=O) groups is 1. The van der Waals surface area contributed by atoms with Crippen molar-refractivity contribution in [2.75, 3.05) is 0 Å². The quantitative estimate of drug-likeness (QED) is 0.468. The van der Waals surface area contributed by atoms with Crippen LogP contribution in [0.2, 0.25) is 0 Å². The molecule has 0 bridgehead atoms. The topological polar surface area (TPSA) is 65.1 Å². The summed E-state index contributed by atoms with van der Waals surface area (Å²) < 4.78 is 7.56. The molecule has 0 amide bonds. The van der Waals surface area contributed by atoms with Crippen LogP contribution in [-0.4, -0.2) is 15.5 Å². The molecule has 4 aromatic rings. The first-order valence-corrected chi connectivity index (χ1v) is 8.06. The lowest BCUT2D eigenvalue weighted by atomic mass is 10.1. The van der Waals surface area contributed by atoms with Crippen LogP contribution in [0, 0.1) is 6.92 Å². The summed E-state index contributed by atoms with van der Waals surface area (Å²) in [4.78, 5) is 29.6. The van der Waals surface area contributed by atoms with Crippen molar-refractivity contribution in [2.24, 2.45) is 0 Å². The largest absolute Gasteiger partial charge is 0.422 e. The van der Waals surface area contributed by atoms with E-state index >= 15 is 0 Å². The Balaban J connectivity index is 1.96. The fraction of sp³-hybridized carbons (Fsp3) is 0.0556. The van der Waals surface area contributed by atoms with E-state index in [1.165, 1.54) is 4.57 Å². The van der Waals surface area contributed by atoms with Gasteiger partial charge in [-0.1, -0.05) is 28.1 Å². The monoisotopic (exact) mass is 382 g/mol. The van der Waals surface area contributed by atoms with Crippen LogP contribution < -0.4 is 5.63 Å². The maximum atomic E-state index is 12.9. The molecule has 5 nitrogen and oxygen atoms in total. The molecule has 0 radical (unpaired) electrons. The van der Waals surface area contributed by atoms with Crippen molar-refractivity contribution < 1.29 is 9.21 Å². The van der Waals surface area contributed by atoms with E-state index in [4.69, 9.17) is 4.42 Å². The first-order valence-electron chi connectivity index (χ1n) is 7.27. The fourth-order valence-corrected chi connectivity index (χ4v) is 3.15. The minimum absolute atomic E-state index is 0.0214. The van der Waals surface area contributed by atoms with Gasteiger partial charge in [0.2, 0.25) is 0 Å². The zero-order valence-electron chi connectivity index (χ0n) is 12.6. The molecular formula is C18H11BrN2O3. The van der Waals surface area contributed by atoms with Gasteiger partial charge in [-0.15, -0.1) is 0 Å². The molecule has 0 unspecified atom stereocenters. The van der Waals surface area contributed by atoms with Gasteiger partial charge < -0.3 is 4.42 Å². The zero-order chi connectivity index (χ0) is 16.8. The van der Waals surface area contributed by atoms with Crippen molar-refractivity contribution in [3.63, 3.8) is 0 Å². The first-order chi connectivity index (χ1) is 11.5. The van der Waals surface area contributed by atoms with Gasteiger partial charge in [0.1, 0.15) is 17.0 Å². The van der Waals surface area contributed by atoms with Crippen LogP contribution in [0.1, 0.15) is 16.2 Å². The van der Waals surface area contributed by atoms with Crippen molar-refractivity contribution in [1.82, 2.24) is 9.55 Å². The Bertz CT molecular complexity index is 1170. The molecular weight excluding hydrogens is 372 g/mol. The van der Waals surface area contributed by atoms with Gasteiger partial charge in [-0.2, -0.15) is 0 Å². The number of aromatic nitrogens is 2. The second-order valence-corrected chi connectivity index (χ2v) is 6.33. The lowest BCUT2D eigenvalue weighted by molar-refractivity contribution is 0.0959. The second kappa shape index (κ2) is 5.42. The van der Waals surface area contributed by atoms with Gasteiger partial charge in [0.25, 0.3) is 5.91 Å². The molecule has 0 fully saturated rings. The van der Waals surface area contributed by atoms with Gasteiger partial charge in [0.15, 0.2) is 0 Å². The molecule has 0 aliphatic carbocycles. The summed E-state index contributed by atoms with van der Waals surface area (Å²) in [6.45, 7) is 1.73. The van der Waals surface area contributed by atoms with Gasteiger partial charge >= 0.3 is 5.63 Å². The van der Waals surface area contributed by atoms with Crippen LogP contribution in [0.4, 0.5) is 0 Å². The van der Waals surface area contributed by atoms with Gasteiger partial charge in [0.05, 0.1) is 11.0 Å². The van der Waals surface area contributed by atoms with E-state index in [0.717, 1.165) is 4.47 Å². The Morgan fingerprint density at radius 3 is 2.79 bits per heavy atom. The van der Waals surface area contributed by atoms with Crippen molar-refractivity contribution >= 4 is 43.8 Å². The summed E-state index contributed by atoms with van der Waals surface area (Å²) in [5.41, 5.74) is 1.12. The third kappa shape index (κ3) is 2.27. The average molecular weight is 383 g/mol. The SMILES string of the molecule is Cc1nc2ccccc2n1C(=O)c1cc2cc(Br)ccc2oc1=O. The first kappa shape index (κ1) is 14.8. The summed E-state index contributed by atoms with van der Waals surface area (Å²) in [6, 6.07) is 14.1. The number of hydrogen-bond acceptors (Lipinski definition) is 4. The average Bonchev–Trinajstić information content (AvgIpc) is 2.89. The van der Waals surface area contributed by atoms with Crippen molar-refractivity contribution in [3.05, 3.63) is 74.8 Å². The van der Waals surface area contributed by atoms with Crippen LogP contribution in [0.3, 0.4) is 0 Å². The maximum Gasteiger partial charge on any atom is 0.349 e. The van der Waals surface area contributed by atoms with E-state index in [9.17, 15) is 9.59 Å². The van der Waals surface area contributed by atoms with Crippen molar-refractivity contribution in [3.8, 4) is 0 Å². The van der Waals surface area contributed by atoms with Crippen LogP contribution >= 0.6 is 15.9 Å². The highest BCUT2D eigenvalue weighted by Gasteiger charge is 2.20. The van der Waals surface area contributed by atoms with Crippen molar-refractivity contribution in [2.45, 2.75) is 6.92 Å². The Morgan fingerprint density at radius 1 is 1.17 bits per heavy atom. The summed E-state index contributed by atoms with van der Waals surface area (Å²) in [7, 11) is 0. The predicted molar refractivity (Wildman–Crippen MR) is 94.4 cm³/mol. The molecule has 0 atom stereocenters. The molecule has 0 saturated carbocycles. The maximum absolute atomic E-state index is 12.9. The van der Waals surface area contributed by atoms with E-state index in [0.29, 0.717) is 27.8 Å². The minimum atomic E-state index is -0.660. The predicted octanol–water partition coefficient (Wildman–Crippen LogP) is 3.90. The van der Waals surface area contributed by atoms with E-state index in [1.54, 1.807) is 37.3 Å². The molecule has 0 spiro atoms. The summed E-state index contributed by atoms with van der Waals surface area (Å²) in [5, 5.41) is 0.675. The number of rotatable bonds is 1. The molecule has 0 saturated heterocycles. The van der Waals surface area contributed by atoms with Crippen LogP contribution in [0.15, 0.2) is 62.2 Å². The van der Waals surface area contributed by atoms with Gasteiger partial charge in [-0.25, -0.2) is 9.78 Å². The van der Waals surface area contributed by atoms with E-state index in [1.807, 2.05) is 18.2 Å². The highest BCUT2D eigenvalue weighted by Crippen LogP contribution is 2.21. The molecule has 24 heavy (non-hydrogen) atoms. The number of imidazole rings is 1. The molecule has 4 rings (SSSR count). The standard InChI is InChI=1S/C18H11BrN2O3/c1-10-20-14-4-2-3-5-15(14)21(10)17(22)13-9-11-8-12(19)6-7-16(11)24-18(13)23/h2-9H,1H3. The third-order valence-corrected chi connectivity index (χ3v) is 4.35. The number of hydrogen-bond donors (Lipinski definition) is 0. The normalized spacial score (nSPS) is 11.2. The minimum Gasteiger partial charge on any atom is -0.422 e. The molecule has 0 aliphatic heterocycles. The molecule has 2 aromatic carbocycles. The number of halogens is 1. The fourth-order valence-electron chi connectivity index (χ4n) is 2.77. The van der Waals surface area contributed by atoms with Crippen LogP contribution in [0.5, 0.6) is 0 Å². The Morgan fingerprint density at radius 2 is 1.96 bits per heavy atom. The molecule has 0 N–H and O–H groups in total. The number of fused-ring (bicyclic) bond motifs is 2. The second-order valence-electron chi connectivity index (χ2n) is 5.42. The highest BCUT2D eigenvalue weighted by molar-refractivity contribution is 9.10. The Kier molecular flexibility index (Phi) is 3.35. The van der Waals surface area contributed by atoms with Gasteiger partial charge in [0, 0.05) is 9.86 Å². The number of para-hydroxylation sites is 2. The Labute approximate surface area is 144 Å². The number of carbonyl (C=O) groups excluding carboxylic acids is 1. The number of benzene rings is 2. The molecule has 118 valence electrons. The lowest BCUT2D eigenvalue weighted by Gasteiger charge is -2.06. The summed E-state index contributed by atoms with van der Waals surface area (Å²) in [6.07, 6.45) is 0. The van der Waals surface area contributed by atoms with Crippen molar-refractivity contribution in [1.29, 1.82) is 0 Å². The zero-order valence-corrected chi connectivity index (χ0v) is 14.2. The lowest BCUT2D eigenvalue weighted by Crippen LogP contribution is -2.21. The summed E-state index contributed by atoms with van der Waals surface area (Å²) >= 11 is 3.38.